The summed E-state index contributed by atoms with van der Waals surface area (Å²) in [6.07, 6.45) is 1.30. The zero-order valence-electron chi connectivity index (χ0n) is 14.3. The van der Waals surface area contributed by atoms with E-state index in [2.05, 4.69) is 15.6 Å². The standard InChI is InChI=1S/C20H15F2N3O2/c1-12(26)13-4-2-5-14(10-13)25-20(27)18-9-8-15(11-23-18)24-19-16(21)6-3-7-17(19)22/h2-11,24H,1H3,(H,25,27). The van der Waals surface area contributed by atoms with E-state index in [-0.39, 0.29) is 17.2 Å². The van der Waals surface area contributed by atoms with Crippen LogP contribution in [0, 0.1) is 11.6 Å². The second kappa shape index (κ2) is 7.74. The molecule has 1 heterocycles. The number of benzene rings is 2. The number of hydrogen-bond acceptors (Lipinski definition) is 4. The van der Waals surface area contributed by atoms with Gasteiger partial charge in [-0.05, 0) is 43.3 Å². The highest BCUT2D eigenvalue weighted by atomic mass is 19.1. The molecule has 5 nitrogen and oxygen atoms in total. The molecule has 27 heavy (non-hydrogen) atoms. The van der Waals surface area contributed by atoms with Crippen LogP contribution in [0.3, 0.4) is 0 Å². The Morgan fingerprint density at radius 2 is 1.63 bits per heavy atom. The number of amides is 1. The van der Waals surface area contributed by atoms with Gasteiger partial charge in [-0.3, -0.25) is 9.59 Å². The molecule has 0 aliphatic rings. The second-order valence-corrected chi connectivity index (χ2v) is 5.74. The van der Waals surface area contributed by atoms with Gasteiger partial charge < -0.3 is 10.6 Å². The van der Waals surface area contributed by atoms with Gasteiger partial charge in [0.2, 0.25) is 0 Å². The van der Waals surface area contributed by atoms with Gasteiger partial charge in [0, 0.05) is 11.3 Å². The van der Waals surface area contributed by atoms with Gasteiger partial charge in [-0.15, -0.1) is 0 Å². The zero-order valence-corrected chi connectivity index (χ0v) is 14.3. The first kappa shape index (κ1) is 18.2. The summed E-state index contributed by atoms with van der Waals surface area (Å²) in [4.78, 5) is 27.7. The maximum absolute atomic E-state index is 13.7. The third-order valence-corrected chi connectivity index (χ3v) is 3.76. The summed E-state index contributed by atoms with van der Waals surface area (Å²) >= 11 is 0. The number of ketones is 1. The van der Waals surface area contributed by atoms with E-state index >= 15 is 0 Å². The van der Waals surface area contributed by atoms with Gasteiger partial charge in [-0.25, -0.2) is 13.8 Å². The lowest BCUT2D eigenvalue weighted by atomic mass is 10.1. The van der Waals surface area contributed by atoms with Gasteiger partial charge in [0.1, 0.15) is 23.0 Å². The smallest absolute Gasteiger partial charge is 0.274 e. The van der Waals surface area contributed by atoms with Crippen molar-refractivity contribution < 1.29 is 18.4 Å². The van der Waals surface area contributed by atoms with Crippen LogP contribution < -0.4 is 10.6 Å². The van der Waals surface area contributed by atoms with Crippen molar-refractivity contribution in [2.45, 2.75) is 6.92 Å². The van der Waals surface area contributed by atoms with Crippen LogP contribution in [0.25, 0.3) is 0 Å². The number of aromatic nitrogens is 1. The Morgan fingerprint density at radius 3 is 2.26 bits per heavy atom. The molecule has 0 bridgehead atoms. The van der Waals surface area contributed by atoms with Crippen molar-refractivity contribution in [2.24, 2.45) is 0 Å². The molecule has 2 aromatic carbocycles. The van der Waals surface area contributed by atoms with Gasteiger partial charge in [0.25, 0.3) is 5.91 Å². The Kier molecular flexibility index (Phi) is 5.21. The van der Waals surface area contributed by atoms with Crippen LogP contribution in [0.5, 0.6) is 0 Å². The summed E-state index contributed by atoms with van der Waals surface area (Å²) in [5.74, 6) is -2.05. The minimum absolute atomic E-state index is 0.111. The number of rotatable bonds is 5. The van der Waals surface area contributed by atoms with Crippen LogP contribution in [-0.4, -0.2) is 16.7 Å². The van der Waals surface area contributed by atoms with E-state index in [9.17, 15) is 18.4 Å². The van der Waals surface area contributed by atoms with Crippen LogP contribution >= 0.6 is 0 Å². The topological polar surface area (TPSA) is 71.1 Å². The molecule has 0 saturated carbocycles. The van der Waals surface area contributed by atoms with Gasteiger partial charge in [-0.1, -0.05) is 18.2 Å². The number of pyridine rings is 1. The zero-order chi connectivity index (χ0) is 19.4. The first-order chi connectivity index (χ1) is 12.9. The molecule has 3 rings (SSSR count). The van der Waals surface area contributed by atoms with Crippen molar-refractivity contribution in [3.8, 4) is 0 Å². The Bertz CT molecular complexity index is 984. The van der Waals surface area contributed by atoms with Gasteiger partial charge in [-0.2, -0.15) is 0 Å². The largest absolute Gasteiger partial charge is 0.349 e. The lowest BCUT2D eigenvalue weighted by molar-refractivity contribution is 0.100. The summed E-state index contributed by atoms with van der Waals surface area (Å²) in [6.45, 7) is 1.44. The van der Waals surface area contributed by atoms with E-state index in [0.29, 0.717) is 16.9 Å². The van der Waals surface area contributed by atoms with E-state index in [0.717, 1.165) is 12.1 Å². The third kappa shape index (κ3) is 4.33. The van der Waals surface area contributed by atoms with Crippen LogP contribution in [0.1, 0.15) is 27.8 Å². The summed E-state index contributed by atoms with van der Waals surface area (Å²) in [5.41, 5.74) is 1.09. The molecule has 0 atom stereocenters. The molecule has 7 heteroatoms. The number of para-hydroxylation sites is 1. The quantitative estimate of drug-likeness (QED) is 0.649. The van der Waals surface area contributed by atoms with Crippen LogP contribution in [-0.2, 0) is 0 Å². The number of anilines is 3. The lowest BCUT2D eigenvalue weighted by Crippen LogP contribution is -2.14. The molecule has 0 spiro atoms. The van der Waals surface area contributed by atoms with Crippen molar-refractivity contribution in [1.29, 1.82) is 0 Å². The summed E-state index contributed by atoms with van der Waals surface area (Å²) in [7, 11) is 0. The molecule has 3 aromatic rings. The highest BCUT2D eigenvalue weighted by molar-refractivity contribution is 6.04. The Balaban J connectivity index is 1.72. The number of nitrogens with zero attached hydrogens (tertiary/aromatic N) is 1. The fourth-order valence-electron chi connectivity index (χ4n) is 2.37. The molecule has 136 valence electrons. The van der Waals surface area contributed by atoms with E-state index < -0.39 is 17.5 Å². The first-order valence-corrected chi connectivity index (χ1v) is 8.03. The number of halogens is 2. The molecule has 1 aromatic heterocycles. The molecule has 0 aliphatic carbocycles. The SMILES string of the molecule is CC(=O)c1cccc(NC(=O)c2ccc(Nc3c(F)cccc3F)cn2)c1. The first-order valence-electron chi connectivity index (χ1n) is 8.03. The Morgan fingerprint density at radius 1 is 0.926 bits per heavy atom. The van der Waals surface area contributed by atoms with Crippen LogP contribution in [0.2, 0.25) is 0 Å². The Hall–Kier alpha value is -3.61. The number of carbonyl (C=O) groups excluding carboxylic acids is 2. The Labute approximate surface area is 154 Å². The highest BCUT2D eigenvalue weighted by Crippen LogP contribution is 2.23. The molecule has 0 radical (unpaired) electrons. The summed E-state index contributed by atoms with van der Waals surface area (Å²) in [6, 6.07) is 13.0. The lowest BCUT2D eigenvalue weighted by Gasteiger charge is -2.09. The monoisotopic (exact) mass is 367 g/mol. The van der Waals surface area contributed by atoms with E-state index in [1.165, 1.54) is 31.3 Å². The van der Waals surface area contributed by atoms with Crippen molar-refractivity contribution in [1.82, 2.24) is 4.98 Å². The predicted octanol–water partition coefficient (Wildman–Crippen LogP) is 4.56. The van der Waals surface area contributed by atoms with E-state index in [1.807, 2.05) is 0 Å². The van der Waals surface area contributed by atoms with Crippen molar-refractivity contribution >= 4 is 28.8 Å². The fraction of sp³-hybridized carbons (Fsp3) is 0.0500. The van der Waals surface area contributed by atoms with E-state index in [4.69, 9.17) is 0 Å². The average molecular weight is 367 g/mol. The third-order valence-electron chi connectivity index (χ3n) is 3.76. The van der Waals surface area contributed by atoms with E-state index in [1.54, 1.807) is 24.3 Å². The molecule has 2 N–H and O–H groups in total. The van der Waals surface area contributed by atoms with Crippen molar-refractivity contribution in [3.05, 3.63) is 83.7 Å². The average Bonchev–Trinajstić information content (AvgIpc) is 2.65. The number of carbonyl (C=O) groups is 2. The maximum Gasteiger partial charge on any atom is 0.274 e. The molecule has 0 unspecified atom stereocenters. The fourth-order valence-corrected chi connectivity index (χ4v) is 2.37. The molecular weight excluding hydrogens is 352 g/mol. The molecular formula is C20H15F2N3O2. The van der Waals surface area contributed by atoms with Gasteiger partial charge in [0.15, 0.2) is 5.78 Å². The maximum atomic E-state index is 13.7. The second-order valence-electron chi connectivity index (χ2n) is 5.74. The van der Waals surface area contributed by atoms with Crippen molar-refractivity contribution in [3.63, 3.8) is 0 Å². The molecule has 0 aliphatic heterocycles. The minimum Gasteiger partial charge on any atom is -0.349 e. The van der Waals surface area contributed by atoms with Crippen molar-refractivity contribution in [2.75, 3.05) is 10.6 Å². The predicted molar refractivity (Wildman–Crippen MR) is 98.3 cm³/mol. The molecule has 0 fully saturated rings. The number of nitrogens with one attached hydrogen (secondary N) is 2. The minimum atomic E-state index is -0.734. The summed E-state index contributed by atoms with van der Waals surface area (Å²) in [5, 5.41) is 5.24. The number of Topliss-reactive ketones (excluding diaryl/α,β-unsaturated/α-hetero) is 1. The summed E-state index contributed by atoms with van der Waals surface area (Å²) < 4.78 is 27.3. The highest BCUT2D eigenvalue weighted by Gasteiger charge is 2.11. The molecule has 1 amide bonds. The van der Waals surface area contributed by atoms with Gasteiger partial charge in [0.05, 0.1) is 11.9 Å². The normalized spacial score (nSPS) is 10.3. The molecule has 0 saturated heterocycles. The van der Waals surface area contributed by atoms with Crippen LogP contribution in [0.15, 0.2) is 60.8 Å². The van der Waals surface area contributed by atoms with Crippen LogP contribution in [0.4, 0.5) is 25.8 Å². The van der Waals surface area contributed by atoms with Gasteiger partial charge >= 0.3 is 0 Å². The number of hydrogen-bond donors (Lipinski definition) is 2.